The van der Waals surface area contributed by atoms with Gasteiger partial charge in [0.25, 0.3) is 23.6 Å². The van der Waals surface area contributed by atoms with Gasteiger partial charge in [-0.3, -0.25) is 43.5 Å². The lowest BCUT2D eigenvalue weighted by Gasteiger charge is -2.24. The zero-order chi connectivity index (χ0) is 57.1. The minimum Gasteiger partial charge on any atom is -0.493 e. The second-order valence-electron chi connectivity index (χ2n) is 20.8. The summed E-state index contributed by atoms with van der Waals surface area (Å²) in [6.45, 7) is 5.44. The molecule has 5 heterocycles. The van der Waals surface area contributed by atoms with E-state index in [0.717, 1.165) is 22.5 Å². The summed E-state index contributed by atoms with van der Waals surface area (Å²) in [5.74, 6) is -3.00. The van der Waals surface area contributed by atoms with Gasteiger partial charge in [0, 0.05) is 74.1 Å². The molecule has 5 aliphatic rings. The number of hydroxylamine groups is 2. The monoisotopic (exact) mass is 1100 g/mol. The number of methoxy groups -OCH3 is 2. The molecule has 4 N–H and O–H groups in total. The number of imide groups is 1. The average Bonchev–Trinajstić information content (AvgIpc) is 4.08. The molecule has 0 spiro atoms. The van der Waals surface area contributed by atoms with Crippen molar-refractivity contribution >= 4 is 82.0 Å². The summed E-state index contributed by atoms with van der Waals surface area (Å²) in [5.41, 5.74) is 7.20. The zero-order valence-electron chi connectivity index (χ0n) is 45.5. The van der Waals surface area contributed by atoms with Crippen molar-refractivity contribution in [3.05, 3.63) is 124 Å². The Morgan fingerprint density at radius 3 is 1.95 bits per heavy atom. The van der Waals surface area contributed by atoms with E-state index in [1.807, 2.05) is 59.5 Å². The van der Waals surface area contributed by atoms with E-state index in [1.165, 1.54) is 21.1 Å². The van der Waals surface area contributed by atoms with Crippen molar-refractivity contribution in [3.8, 4) is 23.0 Å². The number of amides is 7. The lowest BCUT2D eigenvalue weighted by atomic mass is 10.0. The predicted molar refractivity (Wildman–Crippen MR) is 298 cm³/mol. The molecule has 0 saturated carbocycles. The number of ether oxygens (including phenoxy) is 4. The molecule has 5 aromatic rings. The molecule has 1 fully saturated rings. The van der Waals surface area contributed by atoms with Crippen LogP contribution in [0.2, 0.25) is 0 Å². The van der Waals surface area contributed by atoms with Crippen molar-refractivity contribution in [3.63, 3.8) is 0 Å². The number of hydrogen-bond acceptors (Lipinski definition) is 15. The normalized spacial score (nSPS) is 17.3. The Bertz CT molecular complexity index is 3380. The number of carbonyl (C=O) groups is 8. The third kappa shape index (κ3) is 11.7. The van der Waals surface area contributed by atoms with Gasteiger partial charge in [0.15, 0.2) is 23.0 Å². The average molecular weight is 1100 g/mol. The van der Waals surface area contributed by atoms with Crippen molar-refractivity contribution in [1.82, 2.24) is 15.7 Å². The van der Waals surface area contributed by atoms with Gasteiger partial charge < -0.3 is 50.0 Å². The molecule has 4 atom stereocenters. The second kappa shape index (κ2) is 23.6. The fourth-order valence-electron chi connectivity index (χ4n) is 10.7. The van der Waals surface area contributed by atoms with Crippen LogP contribution in [0.5, 0.6) is 23.0 Å². The Balaban J connectivity index is 0.839. The third-order valence-electron chi connectivity index (χ3n) is 14.8. The minimum atomic E-state index is -1.09. The summed E-state index contributed by atoms with van der Waals surface area (Å²) < 4.78 is 24.5. The second-order valence-corrected chi connectivity index (χ2v) is 20.8. The van der Waals surface area contributed by atoms with Crippen LogP contribution in [0.1, 0.15) is 102 Å². The van der Waals surface area contributed by atoms with Gasteiger partial charge in [-0.25, -0.2) is 4.79 Å². The SMILES string of the molecule is COc1cc2c(cc1OCc1cc(COc3cc4c(cc3OC)C(=O)N3c5ccccc5C[C@H]3CN4)cc(NC(=O)[C@H](C)NC(=O)C(NC(=O)CCCCC(=O)ON3C(=O)CCC3=O)C(C)C)c1)N=C[C@@H]1Cc3ccccc3N1C2=O. The number of anilines is 4. The number of aliphatic imine (C=N–C) groups is 1. The quantitative estimate of drug-likeness (QED) is 0.0457. The smallest absolute Gasteiger partial charge is 0.333 e. The molecular weight excluding hydrogens is 1040 g/mol. The van der Waals surface area contributed by atoms with Gasteiger partial charge in [0.05, 0.1) is 48.8 Å². The fraction of sp³-hybridized carbons (Fsp3) is 0.350. The Kier molecular flexibility index (Phi) is 16.0. The first-order valence-electron chi connectivity index (χ1n) is 27.0. The number of nitrogens with zero attached hydrogens (tertiary/aromatic N) is 4. The van der Waals surface area contributed by atoms with Gasteiger partial charge in [-0.05, 0) is 96.8 Å². The highest BCUT2D eigenvalue weighted by Gasteiger charge is 2.39. The van der Waals surface area contributed by atoms with Gasteiger partial charge in [0.1, 0.15) is 25.3 Å². The first-order chi connectivity index (χ1) is 39.1. The van der Waals surface area contributed by atoms with Gasteiger partial charge in [-0.1, -0.05) is 50.2 Å². The highest BCUT2D eigenvalue weighted by atomic mass is 16.7. The molecule has 0 radical (unpaired) electrons. The molecule has 0 aromatic heterocycles. The maximum absolute atomic E-state index is 14.2. The highest BCUT2D eigenvalue weighted by molar-refractivity contribution is 6.15. The molecule has 420 valence electrons. The minimum absolute atomic E-state index is 0.0235. The number of unbranched alkanes of at least 4 members (excludes halogenated alkanes) is 1. The van der Waals surface area contributed by atoms with Crippen LogP contribution >= 0.6 is 0 Å². The summed E-state index contributed by atoms with van der Waals surface area (Å²) in [4.78, 5) is 118. The van der Waals surface area contributed by atoms with Crippen LogP contribution in [0.25, 0.3) is 0 Å². The first kappa shape index (κ1) is 55.1. The largest absolute Gasteiger partial charge is 0.493 e. The van der Waals surface area contributed by atoms with Gasteiger partial charge in [-0.2, -0.15) is 0 Å². The summed E-state index contributed by atoms with van der Waals surface area (Å²) in [5, 5.41) is 12.3. The Labute approximate surface area is 467 Å². The Morgan fingerprint density at radius 2 is 1.28 bits per heavy atom. The van der Waals surface area contributed by atoms with Crippen molar-refractivity contribution in [1.29, 1.82) is 0 Å². The van der Waals surface area contributed by atoms with E-state index in [9.17, 15) is 38.4 Å². The van der Waals surface area contributed by atoms with Crippen LogP contribution in [0, 0.1) is 5.92 Å². The zero-order valence-corrected chi connectivity index (χ0v) is 45.5. The molecule has 5 aliphatic heterocycles. The molecule has 7 amide bonds. The van der Waals surface area contributed by atoms with E-state index >= 15 is 0 Å². The summed E-state index contributed by atoms with van der Waals surface area (Å²) in [7, 11) is 2.98. The number of para-hydroxylation sites is 2. The lowest BCUT2D eigenvalue weighted by molar-refractivity contribution is -0.197. The molecule has 81 heavy (non-hydrogen) atoms. The third-order valence-corrected chi connectivity index (χ3v) is 14.8. The van der Waals surface area contributed by atoms with Crippen LogP contribution in [0.3, 0.4) is 0 Å². The van der Waals surface area contributed by atoms with Gasteiger partial charge in [0.2, 0.25) is 17.7 Å². The Hall–Kier alpha value is -9.27. The molecular formula is C60H62N8O13. The van der Waals surface area contributed by atoms with Crippen molar-refractivity contribution in [2.24, 2.45) is 10.9 Å². The van der Waals surface area contributed by atoms with E-state index in [1.54, 1.807) is 61.4 Å². The van der Waals surface area contributed by atoms with Crippen molar-refractivity contribution < 1.29 is 62.1 Å². The topological polar surface area (TPSA) is 253 Å². The molecule has 1 saturated heterocycles. The fourth-order valence-corrected chi connectivity index (χ4v) is 10.7. The van der Waals surface area contributed by atoms with Gasteiger partial charge in [-0.15, -0.1) is 5.06 Å². The number of rotatable bonds is 20. The Morgan fingerprint density at radius 1 is 0.679 bits per heavy atom. The van der Waals surface area contributed by atoms with E-state index in [-0.39, 0.29) is 81.6 Å². The van der Waals surface area contributed by atoms with Crippen LogP contribution in [0.4, 0.5) is 28.4 Å². The number of hydrogen-bond donors (Lipinski definition) is 4. The predicted octanol–water partition coefficient (Wildman–Crippen LogP) is 6.90. The standard InChI is InChI=1S/C60H62N8O13/c1-33(2)56(65-52(69)16-10-11-17-55(72)81-68-53(70)18-19-54(68)71)58(74)63-34(3)57(73)64-39-21-35(31-79-50-27-44-42(25-48(50)77-4)59(75)66-40(29-61-44)23-37-12-6-8-14-46(37)66)20-36(22-39)32-80-51-28-45-43(26-49(51)78-5)60(76)67-41(30-62-45)24-38-13-7-9-15-47(38)67/h6-9,12-15,20-22,25-29,33-34,40-41,56,62H,10-11,16-19,23-24,30-32H2,1-5H3,(H,63,74)(H,64,73)(H,65,69)/t34-,40-,41-,56?/m0/s1. The molecule has 21 heteroatoms. The molecule has 0 bridgehead atoms. The molecule has 10 rings (SSSR count). The number of carbonyl (C=O) groups excluding carboxylic acids is 8. The van der Waals surface area contributed by atoms with E-state index in [0.29, 0.717) is 86.8 Å². The maximum Gasteiger partial charge on any atom is 0.333 e. The number of fused-ring (bicyclic) bond motifs is 8. The number of benzene rings is 5. The lowest BCUT2D eigenvalue weighted by Crippen LogP contribution is -2.53. The van der Waals surface area contributed by atoms with Gasteiger partial charge >= 0.3 is 5.97 Å². The van der Waals surface area contributed by atoms with Crippen molar-refractivity contribution in [2.75, 3.05) is 41.2 Å². The van der Waals surface area contributed by atoms with Crippen LogP contribution < -0.4 is 50.0 Å². The maximum atomic E-state index is 14.2. The summed E-state index contributed by atoms with van der Waals surface area (Å²) in [6.07, 6.45) is 3.40. The molecule has 0 aliphatic carbocycles. The highest BCUT2D eigenvalue weighted by Crippen LogP contribution is 2.43. The van der Waals surface area contributed by atoms with E-state index in [4.69, 9.17) is 28.8 Å². The first-order valence-corrected chi connectivity index (χ1v) is 27.0. The van der Waals surface area contributed by atoms with Crippen LogP contribution in [-0.2, 0) is 59.7 Å². The van der Waals surface area contributed by atoms with E-state index < -0.39 is 47.6 Å². The van der Waals surface area contributed by atoms with Crippen LogP contribution in [0.15, 0.2) is 96.0 Å². The van der Waals surface area contributed by atoms with Crippen LogP contribution in [-0.4, -0.2) is 104 Å². The molecule has 5 aromatic carbocycles. The summed E-state index contributed by atoms with van der Waals surface area (Å²) in [6, 6.07) is 25.2. The van der Waals surface area contributed by atoms with Crippen molar-refractivity contribution in [2.45, 2.75) is 110 Å². The summed E-state index contributed by atoms with van der Waals surface area (Å²) >= 11 is 0. The molecule has 21 nitrogen and oxygen atoms in total. The van der Waals surface area contributed by atoms with E-state index in [2.05, 4.69) is 21.3 Å². The molecule has 1 unspecified atom stereocenters. The number of nitrogens with one attached hydrogen (secondary N) is 4.